The summed E-state index contributed by atoms with van der Waals surface area (Å²) in [4.78, 5) is 0. The van der Waals surface area contributed by atoms with Crippen LogP contribution in [-0.2, 0) is 6.42 Å². The van der Waals surface area contributed by atoms with Crippen LogP contribution in [0.15, 0.2) is 46.9 Å². The highest BCUT2D eigenvalue weighted by molar-refractivity contribution is 14.1. The van der Waals surface area contributed by atoms with Gasteiger partial charge < -0.3 is 5.32 Å². The normalized spacial score (nSPS) is 12.4. The van der Waals surface area contributed by atoms with Crippen LogP contribution >= 0.6 is 38.5 Å². The number of hydrogen-bond donors (Lipinski definition) is 1. The lowest BCUT2D eigenvalue weighted by Gasteiger charge is -2.22. The zero-order chi connectivity index (χ0) is 15.2. The van der Waals surface area contributed by atoms with E-state index in [1.54, 1.807) is 0 Å². The molecule has 1 atom stereocenters. The number of aryl methyl sites for hydroxylation is 1. The maximum atomic E-state index is 3.71. The molecule has 0 aliphatic heterocycles. The van der Waals surface area contributed by atoms with Crippen molar-refractivity contribution in [1.29, 1.82) is 0 Å². The van der Waals surface area contributed by atoms with Crippen LogP contribution in [0, 0.1) is 3.57 Å². The number of nitrogens with one attached hydrogen (secondary N) is 1. The van der Waals surface area contributed by atoms with E-state index in [0.29, 0.717) is 0 Å². The van der Waals surface area contributed by atoms with Crippen molar-refractivity contribution >= 4 is 38.5 Å². The molecule has 2 aromatic carbocycles. The zero-order valence-electron chi connectivity index (χ0n) is 12.5. The van der Waals surface area contributed by atoms with E-state index in [9.17, 15) is 0 Å². The van der Waals surface area contributed by atoms with Gasteiger partial charge in [-0.15, -0.1) is 0 Å². The quantitative estimate of drug-likeness (QED) is 0.548. The molecule has 1 N–H and O–H groups in total. The summed E-state index contributed by atoms with van der Waals surface area (Å²) in [6.07, 6.45) is 2.20. The molecule has 0 saturated carbocycles. The number of halogens is 2. The molecule has 0 bridgehead atoms. The first-order chi connectivity index (χ1) is 10.2. The van der Waals surface area contributed by atoms with E-state index in [-0.39, 0.29) is 6.04 Å². The van der Waals surface area contributed by atoms with Gasteiger partial charge in [0.05, 0.1) is 6.04 Å². The van der Waals surface area contributed by atoms with Crippen LogP contribution in [-0.4, -0.2) is 6.54 Å². The molecule has 1 nitrogen and oxygen atoms in total. The molecule has 3 heteroatoms. The van der Waals surface area contributed by atoms with Crippen molar-refractivity contribution in [3.05, 3.63) is 67.2 Å². The van der Waals surface area contributed by atoms with E-state index in [0.717, 1.165) is 19.4 Å². The SMILES string of the molecule is CCCNC(c1cccc(CC)c1)c1cc(I)ccc1Br. The molecule has 0 saturated heterocycles. The van der Waals surface area contributed by atoms with Gasteiger partial charge in [-0.2, -0.15) is 0 Å². The average molecular weight is 458 g/mol. The molecular weight excluding hydrogens is 437 g/mol. The minimum Gasteiger partial charge on any atom is -0.306 e. The van der Waals surface area contributed by atoms with Gasteiger partial charge in [-0.1, -0.05) is 54.0 Å². The predicted molar refractivity (Wildman–Crippen MR) is 103 cm³/mol. The lowest BCUT2D eigenvalue weighted by atomic mass is 9.96. The van der Waals surface area contributed by atoms with E-state index >= 15 is 0 Å². The Morgan fingerprint density at radius 1 is 1.14 bits per heavy atom. The maximum absolute atomic E-state index is 3.71. The summed E-state index contributed by atoms with van der Waals surface area (Å²) in [5.41, 5.74) is 4.03. The van der Waals surface area contributed by atoms with Gasteiger partial charge in [-0.3, -0.25) is 0 Å². The Kier molecular flexibility index (Phi) is 6.71. The van der Waals surface area contributed by atoms with Crippen molar-refractivity contribution in [3.8, 4) is 0 Å². The molecule has 0 heterocycles. The topological polar surface area (TPSA) is 12.0 Å². The molecule has 0 radical (unpaired) electrons. The molecule has 0 aromatic heterocycles. The van der Waals surface area contributed by atoms with E-state index in [1.807, 2.05) is 0 Å². The van der Waals surface area contributed by atoms with Gasteiger partial charge in [0, 0.05) is 8.04 Å². The van der Waals surface area contributed by atoms with Crippen LogP contribution in [0.4, 0.5) is 0 Å². The summed E-state index contributed by atoms with van der Waals surface area (Å²) in [5.74, 6) is 0. The minimum atomic E-state index is 0.237. The van der Waals surface area contributed by atoms with Gasteiger partial charge in [-0.05, 0) is 76.9 Å². The third kappa shape index (κ3) is 4.54. The monoisotopic (exact) mass is 457 g/mol. The number of benzene rings is 2. The second kappa shape index (κ2) is 8.30. The Morgan fingerprint density at radius 2 is 1.95 bits per heavy atom. The Balaban J connectivity index is 2.44. The fourth-order valence-electron chi connectivity index (χ4n) is 2.42. The first-order valence-corrected chi connectivity index (χ1v) is 9.30. The van der Waals surface area contributed by atoms with E-state index in [2.05, 4.69) is 100 Å². The fraction of sp³-hybridized carbons (Fsp3) is 0.333. The Labute approximate surface area is 149 Å². The third-order valence-corrected chi connectivity index (χ3v) is 4.95. The lowest BCUT2D eigenvalue weighted by Crippen LogP contribution is -2.23. The van der Waals surface area contributed by atoms with Crippen LogP contribution in [0.2, 0.25) is 0 Å². The van der Waals surface area contributed by atoms with Crippen LogP contribution in [0.5, 0.6) is 0 Å². The maximum Gasteiger partial charge on any atom is 0.0588 e. The summed E-state index contributed by atoms with van der Waals surface area (Å²) >= 11 is 6.09. The molecule has 0 amide bonds. The summed E-state index contributed by atoms with van der Waals surface area (Å²) in [6.45, 7) is 5.42. The Hall–Kier alpha value is -0.390. The summed E-state index contributed by atoms with van der Waals surface area (Å²) in [7, 11) is 0. The molecule has 2 aromatic rings. The first-order valence-electron chi connectivity index (χ1n) is 7.42. The highest BCUT2D eigenvalue weighted by Gasteiger charge is 2.16. The van der Waals surface area contributed by atoms with Crippen LogP contribution in [0.3, 0.4) is 0 Å². The van der Waals surface area contributed by atoms with Gasteiger partial charge in [0.2, 0.25) is 0 Å². The number of rotatable bonds is 6. The molecule has 0 fully saturated rings. The Bertz CT molecular complexity index is 598. The summed E-state index contributed by atoms with van der Waals surface area (Å²) in [6, 6.07) is 15.7. The molecule has 0 aliphatic rings. The third-order valence-electron chi connectivity index (χ3n) is 3.56. The van der Waals surface area contributed by atoms with Crippen molar-refractivity contribution in [2.75, 3.05) is 6.54 Å². The second-order valence-electron chi connectivity index (χ2n) is 5.15. The fourth-order valence-corrected chi connectivity index (χ4v) is 3.42. The molecule has 112 valence electrons. The van der Waals surface area contributed by atoms with Crippen LogP contribution in [0.1, 0.15) is 43.0 Å². The van der Waals surface area contributed by atoms with Crippen molar-refractivity contribution in [2.45, 2.75) is 32.7 Å². The standard InChI is InChI=1S/C18H21BrIN/c1-3-10-21-18(14-7-5-6-13(4-2)11-14)16-12-15(20)8-9-17(16)19/h5-9,11-12,18,21H,3-4,10H2,1-2H3. The van der Waals surface area contributed by atoms with Gasteiger partial charge in [-0.25, -0.2) is 0 Å². The average Bonchev–Trinajstić information content (AvgIpc) is 2.51. The van der Waals surface area contributed by atoms with Crippen LogP contribution in [0.25, 0.3) is 0 Å². The Morgan fingerprint density at radius 3 is 2.67 bits per heavy atom. The summed E-state index contributed by atoms with van der Waals surface area (Å²) in [5, 5.41) is 3.69. The largest absolute Gasteiger partial charge is 0.306 e. The summed E-state index contributed by atoms with van der Waals surface area (Å²) < 4.78 is 2.43. The molecule has 0 aliphatic carbocycles. The van der Waals surface area contributed by atoms with Gasteiger partial charge in [0.1, 0.15) is 0 Å². The van der Waals surface area contributed by atoms with E-state index in [4.69, 9.17) is 0 Å². The van der Waals surface area contributed by atoms with E-state index in [1.165, 1.54) is 24.7 Å². The molecule has 21 heavy (non-hydrogen) atoms. The smallest absolute Gasteiger partial charge is 0.0588 e. The first kappa shape index (κ1) is 17.0. The molecular formula is C18H21BrIN. The highest BCUT2D eigenvalue weighted by atomic mass is 127. The van der Waals surface area contributed by atoms with Gasteiger partial charge >= 0.3 is 0 Å². The number of hydrogen-bond acceptors (Lipinski definition) is 1. The van der Waals surface area contributed by atoms with Gasteiger partial charge in [0.25, 0.3) is 0 Å². The molecule has 2 rings (SSSR count). The van der Waals surface area contributed by atoms with Crippen molar-refractivity contribution in [3.63, 3.8) is 0 Å². The molecule has 0 spiro atoms. The van der Waals surface area contributed by atoms with Crippen molar-refractivity contribution < 1.29 is 0 Å². The molecule has 1 unspecified atom stereocenters. The van der Waals surface area contributed by atoms with Gasteiger partial charge in [0.15, 0.2) is 0 Å². The van der Waals surface area contributed by atoms with E-state index < -0.39 is 0 Å². The minimum absolute atomic E-state index is 0.237. The second-order valence-corrected chi connectivity index (χ2v) is 7.25. The highest BCUT2D eigenvalue weighted by Crippen LogP contribution is 2.30. The lowest BCUT2D eigenvalue weighted by molar-refractivity contribution is 0.596. The predicted octanol–water partition coefficient (Wildman–Crippen LogP) is 5.71. The van der Waals surface area contributed by atoms with Crippen LogP contribution < -0.4 is 5.32 Å². The van der Waals surface area contributed by atoms with Crippen molar-refractivity contribution in [1.82, 2.24) is 5.32 Å². The zero-order valence-corrected chi connectivity index (χ0v) is 16.2. The van der Waals surface area contributed by atoms with Crippen molar-refractivity contribution in [2.24, 2.45) is 0 Å².